The van der Waals surface area contributed by atoms with E-state index in [4.69, 9.17) is 21.1 Å². The average Bonchev–Trinajstić information content (AvgIpc) is 3.48. The smallest absolute Gasteiger partial charge is 0.269 e. The summed E-state index contributed by atoms with van der Waals surface area (Å²) in [6.07, 6.45) is 2.51. The van der Waals surface area contributed by atoms with E-state index in [0.717, 1.165) is 42.9 Å². The van der Waals surface area contributed by atoms with Crippen LogP contribution in [0.4, 0.5) is 5.13 Å². The van der Waals surface area contributed by atoms with Crippen molar-refractivity contribution in [1.29, 1.82) is 0 Å². The van der Waals surface area contributed by atoms with Gasteiger partial charge in [-0.05, 0) is 70.9 Å². The number of carbonyl (C=O) groups excluding carboxylic acids is 1. The van der Waals surface area contributed by atoms with E-state index in [2.05, 4.69) is 34.8 Å². The maximum Gasteiger partial charge on any atom is 0.269 e. The number of aromatic nitrogens is 2. The molecule has 0 radical (unpaired) electrons. The Morgan fingerprint density at radius 3 is 2.78 bits per heavy atom. The molecule has 6 nitrogen and oxygen atoms in total. The number of thiazole rings is 1. The maximum atomic E-state index is 12.9. The summed E-state index contributed by atoms with van der Waals surface area (Å²) in [5.41, 5.74) is 3.20. The van der Waals surface area contributed by atoms with Crippen molar-refractivity contribution in [3.63, 3.8) is 0 Å². The van der Waals surface area contributed by atoms with Crippen LogP contribution in [0, 0.1) is 13.8 Å². The summed E-state index contributed by atoms with van der Waals surface area (Å²) in [5.74, 6) is 0.310. The molecule has 0 spiro atoms. The largest absolute Gasteiger partial charge is 0.478 e. The molecule has 1 N–H and O–H groups in total. The van der Waals surface area contributed by atoms with Crippen LogP contribution in [-0.4, -0.2) is 33.8 Å². The van der Waals surface area contributed by atoms with E-state index in [1.807, 2.05) is 5.38 Å². The van der Waals surface area contributed by atoms with Crippen molar-refractivity contribution in [1.82, 2.24) is 9.55 Å². The van der Waals surface area contributed by atoms with E-state index in [1.165, 1.54) is 17.0 Å². The van der Waals surface area contributed by atoms with Crippen LogP contribution in [0.1, 0.15) is 38.1 Å². The van der Waals surface area contributed by atoms with Gasteiger partial charge < -0.3 is 14.0 Å². The van der Waals surface area contributed by atoms with Crippen LogP contribution >= 0.6 is 22.9 Å². The Labute approximate surface area is 197 Å². The molecular weight excluding hydrogens is 446 g/mol. The SMILES string of the molecule is Cc1cc(-c2csc(NC(=O)C(C)(C)Oc3ccc(Cl)cc3)n2)c(C)n1C[C@H]1CCCO1. The summed E-state index contributed by atoms with van der Waals surface area (Å²) < 4.78 is 14.0. The Bertz CT molecular complexity index is 1100. The molecule has 1 aromatic carbocycles. The summed E-state index contributed by atoms with van der Waals surface area (Å²) in [5, 5.41) is 6.03. The van der Waals surface area contributed by atoms with E-state index >= 15 is 0 Å². The average molecular weight is 474 g/mol. The van der Waals surface area contributed by atoms with Gasteiger partial charge in [-0.1, -0.05) is 11.6 Å². The van der Waals surface area contributed by atoms with Gasteiger partial charge >= 0.3 is 0 Å². The third-order valence-electron chi connectivity index (χ3n) is 5.72. The first-order valence-electron chi connectivity index (χ1n) is 10.7. The molecule has 1 amide bonds. The molecule has 1 aliphatic rings. The van der Waals surface area contributed by atoms with Crippen LogP contribution in [0.3, 0.4) is 0 Å². The molecule has 0 unspecified atom stereocenters. The van der Waals surface area contributed by atoms with Crippen LogP contribution in [-0.2, 0) is 16.1 Å². The van der Waals surface area contributed by atoms with Crippen molar-refractivity contribution in [2.24, 2.45) is 0 Å². The standard InChI is InChI=1S/C24H28ClN3O3S/c1-15-12-20(16(2)28(15)13-19-6-5-11-30-19)21-14-32-23(26-21)27-22(29)24(3,4)31-18-9-7-17(25)8-10-18/h7-10,12,14,19H,5-6,11,13H2,1-4H3,(H,26,27,29)/t19-/m1/s1. The highest BCUT2D eigenvalue weighted by molar-refractivity contribution is 7.14. The fraction of sp³-hybridized carbons (Fsp3) is 0.417. The second kappa shape index (κ2) is 9.25. The lowest BCUT2D eigenvalue weighted by atomic mass is 10.1. The van der Waals surface area contributed by atoms with Gasteiger partial charge in [-0.15, -0.1) is 11.3 Å². The highest BCUT2D eigenvalue weighted by atomic mass is 35.5. The minimum absolute atomic E-state index is 0.266. The molecule has 32 heavy (non-hydrogen) atoms. The molecule has 4 rings (SSSR count). The van der Waals surface area contributed by atoms with Crippen molar-refractivity contribution < 1.29 is 14.3 Å². The number of amides is 1. The first kappa shape index (κ1) is 22.8. The van der Waals surface area contributed by atoms with Gasteiger partial charge in [0.2, 0.25) is 0 Å². The van der Waals surface area contributed by atoms with Crippen LogP contribution in [0.5, 0.6) is 5.75 Å². The Morgan fingerprint density at radius 2 is 2.09 bits per heavy atom. The van der Waals surface area contributed by atoms with Gasteiger partial charge in [0, 0.05) is 40.5 Å². The molecule has 3 heterocycles. The van der Waals surface area contributed by atoms with Gasteiger partial charge in [0.1, 0.15) is 5.75 Å². The van der Waals surface area contributed by atoms with Gasteiger partial charge in [-0.25, -0.2) is 4.98 Å². The van der Waals surface area contributed by atoms with Crippen molar-refractivity contribution in [3.8, 4) is 17.0 Å². The molecule has 1 saturated heterocycles. The van der Waals surface area contributed by atoms with E-state index in [-0.39, 0.29) is 12.0 Å². The van der Waals surface area contributed by atoms with Gasteiger partial charge in [-0.3, -0.25) is 10.1 Å². The number of aryl methyl sites for hydroxylation is 1. The lowest BCUT2D eigenvalue weighted by molar-refractivity contribution is -0.128. The number of nitrogens with one attached hydrogen (secondary N) is 1. The Hall–Kier alpha value is -2.35. The number of halogens is 1. The highest BCUT2D eigenvalue weighted by Crippen LogP contribution is 2.31. The molecule has 1 atom stereocenters. The highest BCUT2D eigenvalue weighted by Gasteiger charge is 2.31. The number of anilines is 1. The minimum atomic E-state index is -1.07. The van der Waals surface area contributed by atoms with Gasteiger partial charge in [0.15, 0.2) is 10.7 Å². The predicted octanol–water partition coefficient (Wildman–Crippen LogP) is 5.86. The van der Waals surface area contributed by atoms with E-state index in [1.54, 1.807) is 38.1 Å². The van der Waals surface area contributed by atoms with E-state index in [0.29, 0.717) is 15.9 Å². The van der Waals surface area contributed by atoms with Gasteiger partial charge in [-0.2, -0.15) is 0 Å². The molecule has 0 saturated carbocycles. The fourth-order valence-corrected chi connectivity index (χ4v) is 4.71. The topological polar surface area (TPSA) is 65.4 Å². The number of nitrogens with zero attached hydrogens (tertiary/aromatic N) is 2. The summed E-state index contributed by atoms with van der Waals surface area (Å²) in [7, 11) is 0. The third kappa shape index (κ3) is 5.00. The number of hydrogen-bond donors (Lipinski definition) is 1. The maximum absolute atomic E-state index is 12.9. The van der Waals surface area contributed by atoms with E-state index in [9.17, 15) is 4.79 Å². The Kier molecular flexibility index (Phi) is 6.60. The molecule has 8 heteroatoms. The molecule has 0 bridgehead atoms. The van der Waals surface area contributed by atoms with Crippen molar-refractivity contribution in [2.75, 3.05) is 11.9 Å². The molecule has 3 aromatic rings. The van der Waals surface area contributed by atoms with Crippen molar-refractivity contribution in [3.05, 3.63) is 52.1 Å². The lowest BCUT2D eigenvalue weighted by Crippen LogP contribution is -2.42. The first-order valence-corrected chi connectivity index (χ1v) is 12.0. The molecular formula is C24H28ClN3O3S. The van der Waals surface area contributed by atoms with Crippen LogP contribution < -0.4 is 10.1 Å². The second-order valence-corrected chi connectivity index (χ2v) is 9.88. The van der Waals surface area contributed by atoms with Gasteiger partial charge in [0.25, 0.3) is 5.91 Å². The number of rotatable bonds is 7. The van der Waals surface area contributed by atoms with E-state index < -0.39 is 5.60 Å². The number of benzene rings is 1. The number of hydrogen-bond acceptors (Lipinski definition) is 5. The zero-order chi connectivity index (χ0) is 22.9. The normalized spacial score (nSPS) is 16.3. The summed E-state index contributed by atoms with van der Waals surface area (Å²) in [6.45, 7) is 9.38. The lowest BCUT2D eigenvalue weighted by Gasteiger charge is -2.24. The summed E-state index contributed by atoms with van der Waals surface area (Å²) in [4.78, 5) is 17.5. The first-order chi connectivity index (χ1) is 15.2. The zero-order valence-electron chi connectivity index (χ0n) is 18.8. The van der Waals surface area contributed by atoms with Crippen LogP contribution in [0.25, 0.3) is 11.3 Å². The molecule has 170 valence electrons. The number of ether oxygens (including phenoxy) is 2. The molecule has 1 fully saturated rings. The molecule has 2 aromatic heterocycles. The van der Waals surface area contributed by atoms with Crippen molar-refractivity contribution in [2.45, 2.75) is 58.8 Å². The monoisotopic (exact) mass is 473 g/mol. The zero-order valence-corrected chi connectivity index (χ0v) is 20.3. The fourth-order valence-electron chi connectivity index (χ4n) is 3.88. The van der Waals surface area contributed by atoms with Crippen LogP contribution in [0.15, 0.2) is 35.7 Å². The van der Waals surface area contributed by atoms with Crippen LogP contribution in [0.2, 0.25) is 5.02 Å². The summed E-state index contributed by atoms with van der Waals surface area (Å²) in [6, 6.07) is 9.09. The predicted molar refractivity (Wildman–Crippen MR) is 129 cm³/mol. The second-order valence-electron chi connectivity index (χ2n) is 8.59. The third-order valence-corrected chi connectivity index (χ3v) is 6.73. The quantitative estimate of drug-likeness (QED) is 0.467. The molecule has 0 aliphatic carbocycles. The molecule has 1 aliphatic heterocycles. The minimum Gasteiger partial charge on any atom is -0.478 e. The van der Waals surface area contributed by atoms with Gasteiger partial charge in [0.05, 0.1) is 11.8 Å². The Balaban J connectivity index is 1.45. The van der Waals surface area contributed by atoms with Crippen molar-refractivity contribution >= 4 is 34.0 Å². The summed E-state index contributed by atoms with van der Waals surface area (Å²) >= 11 is 7.32. The number of carbonyl (C=O) groups is 1. The Morgan fingerprint density at radius 1 is 1.34 bits per heavy atom.